The van der Waals surface area contributed by atoms with E-state index in [2.05, 4.69) is 64.0 Å². The molecule has 18 heavy (non-hydrogen) atoms. The number of rotatable bonds is 7. The Morgan fingerprint density at radius 2 is 1.56 bits per heavy atom. The Kier molecular flexibility index (Phi) is 5.71. The molecule has 1 nitrogen and oxygen atoms in total. The molecule has 0 amide bonds. The van der Waals surface area contributed by atoms with E-state index in [-0.39, 0.29) is 0 Å². The van der Waals surface area contributed by atoms with Gasteiger partial charge in [-0.2, -0.15) is 0 Å². The van der Waals surface area contributed by atoms with Crippen LogP contribution in [0.3, 0.4) is 0 Å². The van der Waals surface area contributed by atoms with Crippen molar-refractivity contribution >= 4 is 5.69 Å². The van der Waals surface area contributed by atoms with E-state index >= 15 is 0 Å². The summed E-state index contributed by atoms with van der Waals surface area (Å²) in [5.41, 5.74) is 3.05. The quantitative estimate of drug-likeness (QED) is 0.613. The molecule has 1 rings (SSSR count). The van der Waals surface area contributed by atoms with Gasteiger partial charge in [0.2, 0.25) is 0 Å². The highest BCUT2D eigenvalue weighted by Crippen LogP contribution is 2.30. The van der Waals surface area contributed by atoms with Gasteiger partial charge in [0.05, 0.1) is 0 Å². The fourth-order valence-corrected chi connectivity index (χ4v) is 2.35. The fourth-order valence-electron chi connectivity index (χ4n) is 2.35. The normalized spacial score (nSPS) is 11.6. The second-order valence-corrected chi connectivity index (χ2v) is 6.14. The van der Waals surface area contributed by atoms with Crippen LogP contribution < -0.4 is 4.90 Å². The number of hydrogen-bond acceptors (Lipinski definition) is 1. The monoisotopic (exact) mass is 247 g/mol. The van der Waals surface area contributed by atoms with Gasteiger partial charge in [0.15, 0.2) is 0 Å². The van der Waals surface area contributed by atoms with Gasteiger partial charge < -0.3 is 4.90 Å². The maximum atomic E-state index is 2.36. The summed E-state index contributed by atoms with van der Waals surface area (Å²) in [5.74, 6) is 0. The van der Waals surface area contributed by atoms with Crippen LogP contribution in [0.2, 0.25) is 0 Å². The minimum Gasteiger partial charge on any atom is -0.378 e. The second kappa shape index (κ2) is 6.82. The third kappa shape index (κ3) is 4.36. The summed E-state index contributed by atoms with van der Waals surface area (Å²) in [6.07, 6.45) is 6.69. The van der Waals surface area contributed by atoms with Crippen molar-refractivity contribution in [3.05, 3.63) is 29.8 Å². The van der Waals surface area contributed by atoms with E-state index in [0.717, 1.165) is 0 Å². The van der Waals surface area contributed by atoms with Crippen LogP contribution in [0.5, 0.6) is 0 Å². The molecule has 0 unspecified atom stereocenters. The highest BCUT2D eigenvalue weighted by atomic mass is 15.1. The van der Waals surface area contributed by atoms with Crippen LogP contribution in [0.4, 0.5) is 5.69 Å². The van der Waals surface area contributed by atoms with Gasteiger partial charge in [-0.1, -0.05) is 58.6 Å². The minimum atomic E-state index is 0.304. The van der Waals surface area contributed by atoms with E-state index in [0.29, 0.717) is 5.41 Å². The Bertz CT molecular complexity index is 335. The summed E-state index contributed by atoms with van der Waals surface area (Å²) in [6, 6.07) is 9.02. The molecular formula is C17H29N. The van der Waals surface area contributed by atoms with E-state index in [1.807, 2.05) is 0 Å². The molecule has 0 N–H and O–H groups in total. The lowest BCUT2D eigenvalue weighted by molar-refractivity contribution is 0.446. The SMILES string of the molecule is CCCCCCC(C)(C)c1ccc(N(C)C)cc1. The Balaban J connectivity index is 2.60. The Hall–Kier alpha value is -0.980. The van der Waals surface area contributed by atoms with Crippen molar-refractivity contribution in [3.63, 3.8) is 0 Å². The van der Waals surface area contributed by atoms with Crippen LogP contribution >= 0.6 is 0 Å². The van der Waals surface area contributed by atoms with Crippen LogP contribution in [0.15, 0.2) is 24.3 Å². The van der Waals surface area contributed by atoms with Gasteiger partial charge in [0.25, 0.3) is 0 Å². The molecule has 0 aliphatic heterocycles. The average molecular weight is 247 g/mol. The lowest BCUT2D eigenvalue weighted by Crippen LogP contribution is -2.17. The zero-order chi connectivity index (χ0) is 13.6. The maximum absolute atomic E-state index is 2.36. The molecule has 1 aromatic carbocycles. The Morgan fingerprint density at radius 3 is 2.06 bits per heavy atom. The molecule has 0 saturated heterocycles. The third-order valence-electron chi connectivity index (χ3n) is 3.82. The first kappa shape index (κ1) is 15.1. The molecule has 0 aliphatic rings. The minimum absolute atomic E-state index is 0.304. The topological polar surface area (TPSA) is 3.24 Å². The van der Waals surface area contributed by atoms with Gasteiger partial charge in [-0.3, -0.25) is 0 Å². The largest absolute Gasteiger partial charge is 0.378 e. The summed E-state index contributed by atoms with van der Waals surface area (Å²) in [4.78, 5) is 2.15. The van der Waals surface area contributed by atoms with E-state index in [4.69, 9.17) is 0 Å². The average Bonchev–Trinajstić information content (AvgIpc) is 2.35. The number of anilines is 1. The summed E-state index contributed by atoms with van der Waals surface area (Å²) in [5, 5.41) is 0. The first-order valence-corrected chi connectivity index (χ1v) is 7.25. The molecule has 0 aromatic heterocycles. The predicted octanol–water partition coefficient (Wildman–Crippen LogP) is 5.00. The molecule has 0 saturated carbocycles. The van der Waals surface area contributed by atoms with Crippen LogP contribution in [0, 0.1) is 0 Å². The predicted molar refractivity (Wildman–Crippen MR) is 82.6 cm³/mol. The fraction of sp³-hybridized carbons (Fsp3) is 0.647. The molecule has 102 valence electrons. The van der Waals surface area contributed by atoms with Crippen molar-refractivity contribution in [1.29, 1.82) is 0 Å². The van der Waals surface area contributed by atoms with Gasteiger partial charge >= 0.3 is 0 Å². The molecule has 0 radical (unpaired) electrons. The molecule has 0 heterocycles. The molecule has 1 heteroatoms. The molecule has 0 fully saturated rings. The van der Waals surface area contributed by atoms with Crippen molar-refractivity contribution in [3.8, 4) is 0 Å². The first-order chi connectivity index (χ1) is 8.47. The van der Waals surface area contributed by atoms with Crippen molar-refractivity contribution in [2.45, 2.75) is 58.3 Å². The second-order valence-electron chi connectivity index (χ2n) is 6.14. The smallest absolute Gasteiger partial charge is 0.0361 e. The lowest BCUT2D eigenvalue weighted by atomic mass is 9.80. The highest BCUT2D eigenvalue weighted by Gasteiger charge is 2.19. The van der Waals surface area contributed by atoms with Crippen LogP contribution in [-0.4, -0.2) is 14.1 Å². The standard InChI is InChI=1S/C17H29N/c1-6-7-8-9-14-17(2,3)15-10-12-16(13-11-15)18(4)5/h10-13H,6-9,14H2,1-5H3. The summed E-state index contributed by atoms with van der Waals surface area (Å²) in [7, 11) is 4.18. The summed E-state index contributed by atoms with van der Waals surface area (Å²) in [6.45, 7) is 7.00. The molecule has 1 aromatic rings. The van der Waals surface area contributed by atoms with E-state index in [9.17, 15) is 0 Å². The maximum Gasteiger partial charge on any atom is 0.0361 e. The van der Waals surface area contributed by atoms with Gasteiger partial charge in [-0.15, -0.1) is 0 Å². The zero-order valence-corrected chi connectivity index (χ0v) is 12.8. The van der Waals surface area contributed by atoms with Gasteiger partial charge in [-0.25, -0.2) is 0 Å². The van der Waals surface area contributed by atoms with E-state index in [1.165, 1.54) is 43.4 Å². The highest BCUT2D eigenvalue weighted by molar-refractivity contribution is 5.47. The summed E-state index contributed by atoms with van der Waals surface area (Å²) >= 11 is 0. The molecule has 0 atom stereocenters. The molecule has 0 bridgehead atoms. The molecule has 0 spiro atoms. The van der Waals surface area contributed by atoms with Crippen LogP contribution in [0.1, 0.15) is 58.4 Å². The molecular weight excluding hydrogens is 218 g/mol. The number of unbranched alkanes of at least 4 members (excludes halogenated alkanes) is 3. The van der Waals surface area contributed by atoms with Crippen LogP contribution in [0.25, 0.3) is 0 Å². The van der Waals surface area contributed by atoms with Gasteiger partial charge in [0.1, 0.15) is 0 Å². The van der Waals surface area contributed by atoms with Crippen molar-refractivity contribution in [2.24, 2.45) is 0 Å². The zero-order valence-electron chi connectivity index (χ0n) is 12.8. The Morgan fingerprint density at radius 1 is 0.944 bits per heavy atom. The molecule has 0 aliphatic carbocycles. The van der Waals surface area contributed by atoms with Crippen molar-refractivity contribution in [1.82, 2.24) is 0 Å². The third-order valence-corrected chi connectivity index (χ3v) is 3.82. The Labute approximate surface area is 113 Å². The van der Waals surface area contributed by atoms with Crippen LogP contribution in [-0.2, 0) is 5.41 Å². The number of nitrogens with zero attached hydrogens (tertiary/aromatic N) is 1. The van der Waals surface area contributed by atoms with Gasteiger partial charge in [-0.05, 0) is 29.5 Å². The van der Waals surface area contributed by atoms with E-state index < -0.39 is 0 Å². The first-order valence-electron chi connectivity index (χ1n) is 7.25. The van der Waals surface area contributed by atoms with E-state index in [1.54, 1.807) is 0 Å². The number of benzene rings is 1. The van der Waals surface area contributed by atoms with Crippen molar-refractivity contribution < 1.29 is 0 Å². The van der Waals surface area contributed by atoms with Crippen molar-refractivity contribution in [2.75, 3.05) is 19.0 Å². The lowest BCUT2D eigenvalue weighted by Gasteiger charge is -2.26. The van der Waals surface area contributed by atoms with Gasteiger partial charge in [0, 0.05) is 19.8 Å². The summed E-state index contributed by atoms with van der Waals surface area (Å²) < 4.78 is 0. The number of hydrogen-bond donors (Lipinski definition) is 0.